The lowest BCUT2D eigenvalue weighted by atomic mass is 10.2. The van der Waals surface area contributed by atoms with Crippen LogP contribution < -0.4 is 9.74 Å². The average Bonchev–Trinajstić information content (AvgIpc) is 2.68. The Morgan fingerprint density at radius 3 is 2.82 bits per heavy atom. The number of hydrogen-bond donors (Lipinski definition) is 0. The van der Waals surface area contributed by atoms with Crippen LogP contribution in [0.5, 0.6) is 5.75 Å². The van der Waals surface area contributed by atoms with Gasteiger partial charge in [0.05, 0.1) is 23.0 Å². The Bertz CT molecular complexity index is 1240. The molecule has 4 rings (SSSR count). The molecule has 0 saturated carbocycles. The van der Waals surface area contributed by atoms with Crippen LogP contribution in [0.4, 0.5) is 0 Å². The number of rotatable bonds is 5. The van der Waals surface area contributed by atoms with E-state index in [1.54, 1.807) is 6.07 Å². The maximum Gasteiger partial charge on any atom is 0.267 e. The van der Waals surface area contributed by atoms with Crippen LogP contribution >= 0.6 is 28.3 Å². The molecule has 0 atom stereocenters. The topological polar surface area (TPSA) is 66.2 Å². The fourth-order valence-corrected chi connectivity index (χ4v) is 3.56. The molecule has 142 valence electrons. The van der Waals surface area contributed by atoms with Crippen LogP contribution in [0.25, 0.3) is 27.6 Å². The number of hydrogen-bond acceptors (Lipinski definition) is 6. The molecule has 0 fully saturated rings. The highest BCUT2D eigenvalue weighted by Gasteiger charge is 2.15. The Morgan fingerprint density at radius 2 is 2.00 bits per heavy atom. The van der Waals surface area contributed by atoms with E-state index in [9.17, 15) is 4.79 Å². The summed E-state index contributed by atoms with van der Waals surface area (Å²) in [5, 5.41) is 1.40. The first kappa shape index (κ1) is 18.9. The van der Waals surface area contributed by atoms with Crippen LogP contribution in [0.1, 0.15) is 12.5 Å². The summed E-state index contributed by atoms with van der Waals surface area (Å²) in [6.07, 6.45) is 1.48. The summed E-state index contributed by atoms with van der Waals surface area (Å²) in [6, 6.07) is 13.1. The van der Waals surface area contributed by atoms with Crippen LogP contribution in [-0.2, 0) is 4.18 Å². The van der Waals surface area contributed by atoms with Crippen molar-refractivity contribution in [3.63, 3.8) is 0 Å². The quantitative estimate of drug-likeness (QED) is 0.310. The van der Waals surface area contributed by atoms with E-state index in [1.165, 1.54) is 10.9 Å². The number of nitrogens with zero attached hydrogens (tertiary/aromatic N) is 3. The van der Waals surface area contributed by atoms with Gasteiger partial charge in [0, 0.05) is 9.86 Å². The van der Waals surface area contributed by atoms with E-state index in [2.05, 4.69) is 25.9 Å². The molecular weight excluding hydrogens is 442 g/mol. The van der Waals surface area contributed by atoms with E-state index in [0.29, 0.717) is 29.1 Å². The van der Waals surface area contributed by atoms with Gasteiger partial charge in [-0.05, 0) is 55.8 Å². The summed E-state index contributed by atoms with van der Waals surface area (Å²) in [5.74, 6) is 0.779. The molecule has 0 radical (unpaired) electrons. The molecule has 0 saturated heterocycles. The zero-order chi connectivity index (χ0) is 19.7. The van der Waals surface area contributed by atoms with Gasteiger partial charge in [0.15, 0.2) is 11.6 Å². The molecule has 2 heterocycles. The normalized spacial score (nSPS) is 11.2. The molecule has 0 aliphatic heterocycles. The van der Waals surface area contributed by atoms with Gasteiger partial charge in [-0.1, -0.05) is 22.0 Å². The first-order chi connectivity index (χ1) is 13.6. The molecule has 6 nitrogen and oxygen atoms in total. The van der Waals surface area contributed by atoms with Crippen LogP contribution in [-0.4, -0.2) is 21.1 Å². The van der Waals surface area contributed by atoms with Gasteiger partial charge in [-0.2, -0.15) is 0 Å². The van der Waals surface area contributed by atoms with Crippen molar-refractivity contribution >= 4 is 50.1 Å². The van der Waals surface area contributed by atoms with Crippen molar-refractivity contribution in [2.45, 2.75) is 13.8 Å². The summed E-state index contributed by atoms with van der Waals surface area (Å²) in [7, 11) is 0. The van der Waals surface area contributed by atoms with Gasteiger partial charge >= 0.3 is 0 Å². The second kappa shape index (κ2) is 7.90. The lowest BCUT2D eigenvalue weighted by Gasteiger charge is -2.12. The number of halogens is 1. The molecule has 2 aromatic heterocycles. The molecule has 0 bridgehead atoms. The fraction of sp³-hybridized carbons (Fsp3) is 0.150. The van der Waals surface area contributed by atoms with E-state index >= 15 is 0 Å². The highest BCUT2D eigenvalue weighted by atomic mass is 79.9. The molecule has 0 amide bonds. The van der Waals surface area contributed by atoms with E-state index < -0.39 is 0 Å². The van der Waals surface area contributed by atoms with Crippen molar-refractivity contribution in [1.29, 1.82) is 0 Å². The lowest BCUT2D eigenvalue weighted by molar-refractivity contribution is 0.369. The monoisotopic (exact) mass is 457 g/mol. The molecule has 8 heteroatoms. The van der Waals surface area contributed by atoms with Crippen molar-refractivity contribution in [3.05, 3.63) is 69.2 Å². The van der Waals surface area contributed by atoms with Gasteiger partial charge in [0.25, 0.3) is 5.56 Å². The van der Waals surface area contributed by atoms with Gasteiger partial charge < -0.3 is 4.18 Å². The Hall–Kier alpha value is -2.42. The zero-order valence-corrected chi connectivity index (χ0v) is 17.6. The Labute approximate surface area is 174 Å². The number of benzene rings is 2. The Balaban J connectivity index is 1.93. The average molecular weight is 458 g/mol. The molecule has 4 aromatic rings. The summed E-state index contributed by atoms with van der Waals surface area (Å²) >= 11 is 4.32. The number of aryl methyl sites for hydroxylation is 1. The SMILES string of the molecule is CCOSOc1cc2cc(Br)ccc2nc1-n1cnc2cc(C)ccc2c1=O. The number of fused-ring (bicyclic) bond motifs is 2. The number of pyridine rings is 1. The molecule has 0 spiro atoms. The standard InChI is InChI=1S/C20H16BrN3O3S/c1-3-26-28-27-18-10-13-9-14(21)5-7-16(13)23-19(18)24-11-22-17-8-12(2)4-6-15(17)20(24)25/h4-11H,3H2,1-2H3. The molecule has 28 heavy (non-hydrogen) atoms. The van der Waals surface area contributed by atoms with Crippen LogP contribution in [0.3, 0.4) is 0 Å². The van der Waals surface area contributed by atoms with E-state index in [1.807, 2.05) is 50.2 Å². The maximum absolute atomic E-state index is 13.1. The van der Waals surface area contributed by atoms with Crippen LogP contribution in [0, 0.1) is 6.92 Å². The predicted octanol–water partition coefficient (Wildman–Crippen LogP) is 4.98. The minimum absolute atomic E-state index is 0.208. The highest BCUT2D eigenvalue weighted by molar-refractivity contribution is 9.10. The van der Waals surface area contributed by atoms with Crippen molar-refractivity contribution < 1.29 is 8.37 Å². The van der Waals surface area contributed by atoms with Gasteiger partial charge in [0.1, 0.15) is 6.33 Å². The predicted molar refractivity (Wildman–Crippen MR) is 115 cm³/mol. The molecule has 0 aliphatic rings. The first-order valence-electron chi connectivity index (χ1n) is 8.61. The maximum atomic E-state index is 13.1. The van der Waals surface area contributed by atoms with Gasteiger partial charge in [-0.3, -0.25) is 8.98 Å². The van der Waals surface area contributed by atoms with Crippen LogP contribution in [0.15, 0.2) is 58.1 Å². The van der Waals surface area contributed by atoms with Crippen molar-refractivity contribution in [2.75, 3.05) is 6.61 Å². The van der Waals surface area contributed by atoms with E-state index in [0.717, 1.165) is 33.3 Å². The largest absolute Gasteiger partial charge is 0.396 e. The fourth-order valence-electron chi connectivity index (χ4n) is 2.84. The van der Waals surface area contributed by atoms with Crippen molar-refractivity contribution in [1.82, 2.24) is 14.5 Å². The number of aromatic nitrogens is 3. The Morgan fingerprint density at radius 1 is 1.14 bits per heavy atom. The smallest absolute Gasteiger partial charge is 0.267 e. The summed E-state index contributed by atoms with van der Waals surface area (Å²) in [4.78, 5) is 22.2. The van der Waals surface area contributed by atoms with E-state index in [4.69, 9.17) is 8.37 Å². The zero-order valence-electron chi connectivity index (χ0n) is 15.2. The Kier molecular flexibility index (Phi) is 5.34. The second-order valence-electron chi connectivity index (χ2n) is 6.15. The molecule has 2 aromatic carbocycles. The van der Waals surface area contributed by atoms with Gasteiger partial charge in [0.2, 0.25) is 12.3 Å². The van der Waals surface area contributed by atoms with Crippen LogP contribution in [0.2, 0.25) is 0 Å². The molecule has 0 aliphatic carbocycles. The lowest BCUT2D eigenvalue weighted by Crippen LogP contribution is -2.20. The van der Waals surface area contributed by atoms with Crippen molar-refractivity contribution in [3.8, 4) is 11.6 Å². The first-order valence-corrected chi connectivity index (χ1v) is 10.1. The van der Waals surface area contributed by atoms with E-state index in [-0.39, 0.29) is 5.56 Å². The summed E-state index contributed by atoms with van der Waals surface area (Å²) in [6.45, 7) is 4.32. The third kappa shape index (κ3) is 3.63. The second-order valence-corrected chi connectivity index (χ2v) is 7.60. The molecule has 0 N–H and O–H groups in total. The highest BCUT2D eigenvalue weighted by Crippen LogP contribution is 2.30. The molecule has 0 unspecified atom stereocenters. The third-order valence-corrected chi connectivity index (χ3v) is 5.23. The van der Waals surface area contributed by atoms with Gasteiger partial charge in [-0.15, -0.1) is 0 Å². The minimum Gasteiger partial charge on any atom is -0.396 e. The minimum atomic E-state index is -0.208. The summed E-state index contributed by atoms with van der Waals surface area (Å²) in [5.41, 5.74) is 2.23. The third-order valence-electron chi connectivity index (χ3n) is 4.16. The summed E-state index contributed by atoms with van der Waals surface area (Å²) < 4.78 is 13.3. The van der Waals surface area contributed by atoms with Gasteiger partial charge in [-0.25, -0.2) is 14.5 Å². The molecular formula is C20H16BrN3O3S. The van der Waals surface area contributed by atoms with Crippen molar-refractivity contribution in [2.24, 2.45) is 0 Å².